The van der Waals surface area contributed by atoms with Gasteiger partial charge in [-0.25, -0.2) is 0 Å². The van der Waals surface area contributed by atoms with E-state index in [1.807, 2.05) is 48.5 Å². The van der Waals surface area contributed by atoms with Gasteiger partial charge in [-0.15, -0.1) is 0 Å². The van der Waals surface area contributed by atoms with Crippen molar-refractivity contribution in [3.63, 3.8) is 0 Å². The van der Waals surface area contributed by atoms with Gasteiger partial charge in [-0.1, -0.05) is 42.5 Å². The molecule has 0 spiro atoms. The van der Waals surface area contributed by atoms with Crippen LogP contribution in [0.25, 0.3) is 5.76 Å². The van der Waals surface area contributed by atoms with Crippen LogP contribution in [0.5, 0.6) is 17.2 Å². The third-order valence-corrected chi connectivity index (χ3v) is 7.37. The van der Waals surface area contributed by atoms with Gasteiger partial charge < -0.3 is 14.9 Å². The van der Waals surface area contributed by atoms with Gasteiger partial charge in [-0.3, -0.25) is 14.5 Å². The average molecular weight is 518 g/mol. The molecule has 0 aromatic heterocycles. The van der Waals surface area contributed by atoms with Gasteiger partial charge in [0, 0.05) is 11.3 Å². The predicted molar refractivity (Wildman–Crippen MR) is 149 cm³/mol. The summed E-state index contributed by atoms with van der Waals surface area (Å²) in [6, 6.07) is 27.5. The molecule has 4 aromatic rings. The van der Waals surface area contributed by atoms with E-state index in [1.165, 1.54) is 22.6 Å². The standard InChI is InChI=1S/C33H27NO5/c35-26-16-12-22(13-17-26)30-29(31(36)24-11-10-21-6-4-5-7-23(21)20-24)32(37)33(38)34(30)25-14-18-28(19-15-25)39-27-8-2-1-3-9-27/h1-3,8-20,30,35-36H,4-7H2/b31-29-. The zero-order valence-electron chi connectivity index (χ0n) is 21.2. The number of Topliss-reactive ketones (excluding diaryl/α,β-unsaturated/α-hetero) is 1. The topological polar surface area (TPSA) is 87.1 Å². The average Bonchev–Trinajstić information content (AvgIpc) is 3.23. The number of rotatable bonds is 5. The minimum absolute atomic E-state index is 0.0195. The van der Waals surface area contributed by atoms with E-state index in [1.54, 1.807) is 36.4 Å². The molecule has 0 radical (unpaired) electrons. The minimum Gasteiger partial charge on any atom is -0.508 e. The lowest BCUT2D eigenvalue weighted by Gasteiger charge is -2.26. The number of phenolic OH excluding ortho intramolecular Hbond substituents is 1. The monoisotopic (exact) mass is 517 g/mol. The molecule has 1 aliphatic heterocycles. The molecule has 1 saturated heterocycles. The molecule has 1 heterocycles. The van der Waals surface area contributed by atoms with E-state index in [-0.39, 0.29) is 17.1 Å². The summed E-state index contributed by atoms with van der Waals surface area (Å²) in [5, 5.41) is 21.4. The van der Waals surface area contributed by atoms with Crippen molar-refractivity contribution >= 4 is 23.1 Å². The van der Waals surface area contributed by atoms with Crippen molar-refractivity contribution in [1.82, 2.24) is 0 Å². The number of nitrogens with zero attached hydrogens (tertiary/aromatic N) is 1. The van der Waals surface area contributed by atoms with Crippen LogP contribution in [-0.4, -0.2) is 21.9 Å². The number of hydrogen-bond acceptors (Lipinski definition) is 5. The van der Waals surface area contributed by atoms with Crippen LogP contribution in [0.15, 0.2) is 103 Å². The number of ether oxygens (including phenoxy) is 1. The molecular weight excluding hydrogens is 490 g/mol. The molecule has 2 aliphatic rings. The predicted octanol–water partition coefficient (Wildman–Crippen LogP) is 6.69. The zero-order valence-corrected chi connectivity index (χ0v) is 21.2. The lowest BCUT2D eigenvalue weighted by atomic mass is 9.88. The smallest absolute Gasteiger partial charge is 0.300 e. The normalized spacial score (nSPS) is 18.2. The third kappa shape index (κ3) is 4.66. The molecule has 6 heteroatoms. The molecule has 1 unspecified atom stereocenters. The van der Waals surface area contributed by atoms with Crippen LogP contribution in [-0.2, 0) is 22.4 Å². The van der Waals surface area contributed by atoms with Crippen LogP contribution in [0.3, 0.4) is 0 Å². The van der Waals surface area contributed by atoms with Crippen LogP contribution >= 0.6 is 0 Å². The molecule has 2 N–H and O–H groups in total. The fourth-order valence-corrected chi connectivity index (χ4v) is 5.41. The van der Waals surface area contributed by atoms with Crippen molar-refractivity contribution in [3.8, 4) is 17.2 Å². The number of fused-ring (bicyclic) bond motifs is 1. The first-order valence-electron chi connectivity index (χ1n) is 13.0. The highest BCUT2D eigenvalue weighted by Gasteiger charge is 2.47. The van der Waals surface area contributed by atoms with Crippen LogP contribution in [0.4, 0.5) is 5.69 Å². The molecule has 4 aromatic carbocycles. The van der Waals surface area contributed by atoms with Gasteiger partial charge in [0.05, 0.1) is 11.6 Å². The minimum atomic E-state index is -0.873. The Hall–Kier alpha value is -4.84. The lowest BCUT2D eigenvalue weighted by Crippen LogP contribution is -2.29. The number of ketones is 1. The highest BCUT2D eigenvalue weighted by molar-refractivity contribution is 6.51. The summed E-state index contributed by atoms with van der Waals surface area (Å²) in [5.41, 5.74) is 4.03. The van der Waals surface area contributed by atoms with Crippen molar-refractivity contribution in [2.45, 2.75) is 31.7 Å². The Balaban J connectivity index is 1.42. The number of carbonyl (C=O) groups is 2. The van der Waals surface area contributed by atoms with Gasteiger partial charge in [0.25, 0.3) is 11.7 Å². The highest BCUT2D eigenvalue weighted by atomic mass is 16.5. The van der Waals surface area contributed by atoms with Crippen LogP contribution in [0.1, 0.15) is 41.1 Å². The molecule has 39 heavy (non-hydrogen) atoms. The first kappa shape index (κ1) is 24.5. The molecule has 1 aliphatic carbocycles. The number of phenols is 1. The Kier molecular flexibility index (Phi) is 6.37. The van der Waals surface area contributed by atoms with E-state index in [9.17, 15) is 19.8 Å². The number of aryl methyl sites for hydroxylation is 2. The van der Waals surface area contributed by atoms with Crippen molar-refractivity contribution in [1.29, 1.82) is 0 Å². The van der Waals surface area contributed by atoms with E-state index < -0.39 is 17.7 Å². The summed E-state index contributed by atoms with van der Waals surface area (Å²) in [7, 11) is 0. The van der Waals surface area contributed by atoms with Gasteiger partial charge in [0.1, 0.15) is 23.0 Å². The summed E-state index contributed by atoms with van der Waals surface area (Å²) in [6.45, 7) is 0. The molecule has 6 nitrogen and oxygen atoms in total. The Bertz CT molecular complexity index is 1570. The summed E-state index contributed by atoms with van der Waals surface area (Å²) in [4.78, 5) is 28.3. The second-order valence-corrected chi connectivity index (χ2v) is 9.86. The number of benzene rings is 4. The summed E-state index contributed by atoms with van der Waals surface area (Å²) in [6.07, 6.45) is 4.14. The maximum Gasteiger partial charge on any atom is 0.300 e. The van der Waals surface area contributed by atoms with E-state index in [4.69, 9.17) is 4.74 Å². The van der Waals surface area contributed by atoms with Gasteiger partial charge in [0.2, 0.25) is 0 Å². The number of aliphatic hydroxyl groups is 1. The quantitative estimate of drug-likeness (QED) is 0.175. The molecule has 194 valence electrons. The molecule has 1 fully saturated rings. The van der Waals surface area contributed by atoms with Crippen molar-refractivity contribution in [2.75, 3.05) is 4.90 Å². The summed E-state index contributed by atoms with van der Waals surface area (Å²) in [5.74, 6) is -0.368. The van der Waals surface area contributed by atoms with Crippen molar-refractivity contribution in [2.24, 2.45) is 0 Å². The van der Waals surface area contributed by atoms with Crippen molar-refractivity contribution in [3.05, 3.63) is 125 Å². The summed E-state index contributed by atoms with van der Waals surface area (Å²) >= 11 is 0. The largest absolute Gasteiger partial charge is 0.508 e. The SMILES string of the molecule is O=C1C(=O)N(c2ccc(Oc3ccccc3)cc2)C(c2ccc(O)cc2)/C1=C(/O)c1ccc2c(c1)CCCC2. The lowest BCUT2D eigenvalue weighted by molar-refractivity contribution is -0.132. The first-order chi connectivity index (χ1) is 19.0. The Morgan fingerprint density at radius 1 is 0.769 bits per heavy atom. The number of anilines is 1. The number of hydrogen-bond donors (Lipinski definition) is 2. The Morgan fingerprint density at radius 2 is 1.44 bits per heavy atom. The fourth-order valence-electron chi connectivity index (χ4n) is 5.41. The maximum atomic E-state index is 13.5. The fraction of sp³-hybridized carbons (Fsp3) is 0.152. The van der Waals surface area contributed by atoms with E-state index >= 15 is 0 Å². The van der Waals surface area contributed by atoms with E-state index in [0.29, 0.717) is 28.3 Å². The second kappa shape index (κ2) is 10.1. The molecule has 0 bridgehead atoms. The third-order valence-electron chi connectivity index (χ3n) is 7.37. The number of para-hydroxylation sites is 1. The molecule has 6 rings (SSSR count). The second-order valence-electron chi connectivity index (χ2n) is 9.86. The zero-order chi connectivity index (χ0) is 26.9. The van der Waals surface area contributed by atoms with Gasteiger partial charge >= 0.3 is 0 Å². The maximum absolute atomic E-state index is 13.5. The van der Waals surface area contributed by atoms with Gasteiger partial charge in [-0.05, 0) is 97.0 Å². The van der Waals surface area contributed by atoms with Gasteiger partial charge in [-0.2, -0.15) is 0 Å². The van der Waals surface area contributed by atoms with Crippen LogP contribution in [0, 0.1) is 0 Å². The first-order valence-corrected chi connectivity index (χ1v) is 13.0. The molecule has 1 atom stereocenters. The van der Waals surface area contributed by atoms with Crippen molar-refractivity contribution < 1.29 is 24.5 Å². The molecule has 1 amide bonds. The Morgan fingerprint density at radius 3 is 2.15 bits per heavy atom. The summed E-state index contributed by atoms with van der Waals surface area (Å²) < 4.78 is 5.88. The number of aliphatic hydroxyl groups excluding tert-OH is 1. The number of amides is 1. The van der Waals surface area contributed by atoms with Crippen LogP contribution < -0.4 is 9.64 Å². The Labute approximate surface area is 226 Å². The van der Waals surface area contributed by atoms with E-state index in [0.717, 1.165) is 31.2 Å². The highest BCUT2D eigenvalue weighted by Crippen LogP contribution is 2.43. The number of carbonyl (C=O) groups excluding carboxylic acids is 2. The van der Waals surface area contributed by atoms with E-state index in [2.05, 4.69) is 0 Å². The van der Waals surface area contributed by atoms with Crippen LogP contribution in [0.2, 0.25) is 0 Å². The molecular formula is C33H27NO5. The molecule has 0 saturated carbocycles. The van der Waals surface area contributed by atoms with Gasteiger partial charge in [0.15, 0.2) is 0 Å². The number of aromatic hydroxyl groups is 1.